The quantitative estimate of drug-likeness (QED) is 0.226. The van der Waals surface area contributed by atoms with Gasteiger partial charge in [0.15, 0.2) is 23.1 Å². The van der Waals surface area contributed by atoms with E-state index in [-0.39, 0.29) is 82.5 Å². The van der Waals surface area contributed by atoms with E-state index in [0.29, 0.717) is 25.7 Å². The van der Waals surface area contributed by atoms with Crippen LogP contribution >= 0.6 is 23.2 Å². The third-order valence-electron chi connectivity index (χ3n) is 17.3. The summed E-state index contributed by atoms with van der Waals surface area (Å²) in [6.07, 6.45) is 11.6. The highest BCUT2D eigenvalue weighted by Crippen LogP contribution is 2.70. The monoisotopic (exact) mass is 816 g/mol. The summed E-state index contributed by atoms with van der Waals surface area (Å²) >= 11 is 13.7. The Balaban J connectivity index is 0.000000172. The smallest absolute Gasteiger partial charge is 0.190 e. The molecule has 308 valence electrons. The minimum atomic E-state index is -1.68. The van der Waals surface area contributed by atoms with Crippen LogP contribution < -0.4 is 0 Å². The molecule has 0 bridgehead atoms. The number of rotatable bonds is 4. The van der Waals surface area contributed by atoms with Crippen molar-refractivity contribution in [3.05, 3.63) is 47.6 Å². The number of carbonyl (C=O) groups is 4. The van der Waals surface area contributed by atoms with E-state index in [1.165, 1.54) is 0 Å². The number of ketones is 4. The van der Waals surface area contributed by atoms with Gasteiger partial charge in [-0.3, -0.25) is 19.2 Å². The SMILES string of the molecule is C[C@@H]1C[C@H]2[C@H]3[C@H]([C@@H](O)C[C@]2(C)[C@@]1(O)C(=O)CO)[C@@]1(C)C=CC(=O)C=C1C[C@H]3Cl.C[C@@H]1C[C@H]2[C@H]3[C@H]([C@@H](O)C[C@]2(C)[C@@]1(O)C(=O)CO)[C@@]1(C)C=CC(=O)C=C1C[C@H]3Cl. The molecular weight excluding hydrogens is 759 g/mol. The Morgan fingerprint density at radius 3 is 1.34 bits per heavy atom. The maximum Gasteiger partial charge on any atom is 0.190 e. The molecule has 18 atom stereocenters. The molecular formula is C44H58Cl2O10. The van der Waals surface area contributed by atoms with Gasteiger partial charge in [0.1, 0.15) is 24.4 Å². The first-order valence-electron chi connectivity index (χ1n) is 20.3. The fraction of sp³-hybridized carbons (Fsp3) is 0.727. The number of allylic oxidation sites excluding steroid dienone is 8. The van der Waals surface area contributed by atoms with Crippen molar-refractivity contribution in [3.63, 3.8) is 0 Å². The largest absolute Gasteiger partial charge is 0.393 e. The molecule has 0 unspecified atom stereocenters. The van der Waals surface area contributed by atoms with Crippen molar-refractivity contribution in [2.75, 3.05) is 13.2 Å². The highest BCUT2D eigenvalue weighted by Gasteiger charge is 2.73. The standard InChI is InChI=1S/2C22H29ClO5/c2*1-11-6-14-18-15(23)8-12-7-13(25)4-5-20(12,2)19(18)16(26)9-21(14,3)22(11,28)17(27)10-24/h2*4-5,7,11,14-16,18-19,24,26,28H,6,8-10H2,1-3H3/t2*11-,14+,15-,16+,18-,19+,20+,21+,22+/m11/s1. The number of hydrogen-bond acceptors (Lipinski definition) is 10. The Morgan fingerprint density at radius 2 is 1.02 bits per heavy atom. The zero-order valence-electron chi connectivity index (χ0n) is 33.1. The average Bonchev–Trinajstić information content (AvgIpc) is 3.46. The molecule has 0 aromatic heterocycles. The second-order valence-electron chi connectivity index (χ2n) is 19.6. The maximum absolute atomic E-state index is 12.6. The summed E-state index contributed by atoms with van der Waals surface area (Å²) in [5.41, 5.74) is -4.08. The van der Waals surface area contributed by atoms with Gasteiger partial charge in [-0.15, -0.1) is 23.2 Å². The van der Waals surface area contributed by atoms with Crippen molar-refractivity contribution in [2.45, 2.75) is 114 Å². The molecule has 0 spiro atoms. The summed E-state index contributed by atoms with van der Waals surface area (Å²) in [5, 5.41) is 64.0. The fourth-order valence-electron chi connectivity index (χ4n) is 14.6. The zero-order chi connectivity index (χ0) is 41.3. The first-order chi connectivity index (χ1) is 26.0. The molecule has 8 rings (SSSR count). The number of carbonyl (C=O) groups excluding carboxylic acids is 4. The minimum Gasteiger partial charge on any atom is -0.393 e. The van der Waals surface area contributed by atoms with Gasteiger partial charge in [0, 0.05) is 44.2 Å². The lowest BCUT2D eigenvalue weighted by molar-refractivity contribution is -0.183. The van der Waals surface area contributed by atoms with E-state index in [2.05, 4.69) is 13.8 Å². The molecule has 0 aliphatic heterocycles. The Hall–Kier alpha value is -2.02. The Morgan fingerprint density at radius 1 is 0.679 bits per heavy atom. The Kier molecular flexibility index (Phi) is 10.4. The van der Waals surface area contributed by atoms with Gasteiger partial charge in [0.2, 0.25) is 0 Å². The van der Waals surface area contributed by atoms with E-state index in [1.807, 2.05) is 39.8 Å². The summed E-state index contributed by atoms with van der Waals surface area (Å²) in [7, 11) is 0. The number of aliphatic hydroxyl groups is 6. The fourth-order valence-corrected chi connectivity index (χ4v) is 15.6. The molecule has 0 amide bonds. The van der Waals surface area contributed by atoms with Crippen molar-refractivity contribution in [1.29, 1.82) is 0 Å². The normalized spacial score (nSPS) is 52.5. The number of fused-ring (bicyclic) bond motifs is 10. The van der Waals surface area contributed by atoms with Crippen LogP contribution in [0.5, 0.6) is 0 Å². The van der Waals surface area contributed by atoms with Gasteiger partial charge in [-0.25, -0.2) is 0 Å². The molecule has 8 aliphatic rings. The van der Waals surface area contributed by atoms with Gasteiger partial charge in [0.25, 0.3) is 0 Å². The molecule has 0 aromatic rings. The maximum atomic E-state index is 12.6. The predicted octanol–water partition coefficient (Wildman–Crippen LogP) is 4.04. The Labute approximate surface area is 339 Å². The zero-order valence-corrected chi connectivity index (χ0v) is 34.6. The number of hydrogen-bond donors (Lipinski definition) is 6. The molecule has 0 saturated heterocycles. The van der Waals surface area contributed by atoms with E-state index in [1.54, 1.807) is 24.3 Å². The van der Waals surface area contributed by atoms with E-state index < -0.39 is 69.9 Å². The second kappa shape index (κ2) is 13.8. The Bertz CT molecular complexity index is 1710. The minimum absolute atomic E-state index is 0.0525. The lowest BCUT2D eigenvalue weighted by atomic mass is 9.46. The van der Waals surface area contributed by atoms with Crippen LogP contribution in [0, 0.1) is 69.0 Å². The molecule has 12 heteroatoms. The topological polar surface area (TPSA) is 190 Å². The number of aliphatic hydroxyl groups excluding tert-OH is 4. The molecule has 0 aromatic carbocycles. The van der Waals surface area contributed by atoms with Crippen LogP contribution in [-0.4, -0.2) is 101 Å². The molecule has 0 radical (unpaired) electrons. The summed E-state index contributed by atoms with van der Waals surface area (Å²) in [5.74, 6) is -2.59. The van der Waals surface area contributed by atoms with Crippen LogP contribution in [0.3, 0.4) is 0 Å². The third kappa shape index (κ3) is 5.41. The third-order valence-corrected chi connectivity index (χ3v) is 18.2. The summed E-state index contributed by atoms with van der Waals surface area (Å²) < 4.78 is 0. The van der Waals surface area contributed by atoms with E-state index in [9.17, 15) is 49.8 Å². The van der Waals surface area contributed by atoms with Gasteiger partial charge in [0.05, 0.1) is 12.2 Å². The highest BCUT2D eigenvalue weighted by molar-refractivity contribution is 6.21. The lowest BCUT2D eigenvalue weighted by Gasteiger charge is -2.60. The van der Waals surface area contributed by atoms with E-state index in [4.69, 9.17) is 23.2 Å². The number of Topliss-reactive ketones (excluding diaryl/α,β-unsaturated/α-hetero) is 2. The van der Waals surface area contributed by atoms with Crippen LogP contribution in [-0.2, 0) is 19.2 Å². The molecule has 10 nitrogen and oxygen atoms in total. The van der Waals surface area contributed by atoms with Gasteiger partial charge in [-0.2, -0.15) is 0 Å². The first kappa shape index (κ1) is 42.1. The summed E-state index contributed by atoms with van der Waals surface area (Å²) in [6.45, 7) is 10.1. The van der Waals surface area contributed by atoms with Crippen molar-refractivity contribution in [2.24, 2.45) is 69.0 Å². The van der Waals surface area contributed by atoms with Crippen molar-refractivity contribution in [3.8, 4) is 0 Å². The molecule has 6 N–H and O–H groups in total. The highest BCUT2D eigenvalue weighted by atomic mass is 35.5. The van der Waals surface area contributed by atoms with Crippen molar-refractivity contribution < 1.29 is 49.8 Å². The van der Waals surface area contributed by atoms with Crippen LogP contribution in [0.1, 0.15) is 80.1 Å². The molecule has 6 saturated carbocycles. The van der Waals surface area contributed by atoms with Crippen molar-refractivity contribution >= 4 is 46.3 Å². The second-order valence-corrected chi connectivity index (χ2v) is 20.7. The van der Waals surface area contributed by atoms with Crippen LogP contribution in [0.25, 0.3) is 0 Å². The molecule has 6 fully saturated rings. The van der Waals surface area contributed by atoms with Gasteiger partial charge in [-0.1, -0.05) is 64.8 Å². The average molecular weight is 818 g/mol. The molecule has 8 aliphatic carbocycles. The van der Waals surface area contributed by atoms with Crippen LogP contribution in [0.2, 0.25) is 0 Å². The molecule has 56 heavy (non-hydrogen) atoms. The number of alkyl halides is 2. The summed E-state index contributed by atoms with van der Waals surface area (Å²) in [6, 6.07) is 0. The molecule has 0 heterocycles. The van der Waals surface area contributed by atoms with Crippen LogP contribution in [0.4, 0.5) is 0 Å². The van der Waals surface area contributed by atoms with E-state index in [0.717, 1.165) is 11.1 Å². The lowest BCUT2D eigenvalue weighted by Crippen LogP contribution is -2.64. The van der Waals surface area contributed by atoms with Gasteiger partial charge in [-0.05, 0) is 98.3 Å². The van der Waals surface area contributed by atoms with Gasteiger partial charge >= 0.3 is 0 Å². The van der Waals surface area contributed by atoms with Gasteiger partial charge < -0.3 is 30.6 Å². The van der Waals surface area contributed by atoms with Crippen molar-refractivity contribution in [1.82, 2.24) is 0 Å². The predicted molar refractivity (Wildman–Crippen MR) is 209 cm³/mol. The van der Waals surface area contributed by atoms with E-state index >= 15 is 0 Å². The van der Waals surface area contributed by atoms with Crippen LogP contribution in [0.15, 0.2) is 47.6 Å². The number of halogens is 2. The first-order valence-corrected chi connectivity index (χ1v) is 21.1. The summed E-state index contributed by atoms with van der Waals surface area (Å²) in [4.78, 5) is 49.0.